The third-order valence-corrected chi connectivity index (χ3v) is 19.7. The number of aromatic nitrogens is 2. The van der Waals surface area contributed by atoms with E-state index in [4.69, 9.17) is 0 Å². The van der Waals surface area contributed by atoms with E-state index in [-0.39, 0.29) is 0 Å². The number of hydrogen-bond acceptors (Lipinski definition) is 0. The van der Waals surface area contributed by atoms with E-state index >= 15 is 0 Å². The summed E-state index contributed by atoms with van der Waals surface area (Å²) < 4.78 is 4.90. The van der Waals surface area contributed by atoms with E-state index in [0.29, 0.717) is 0 Å². The summed E-state index contributed by atoms with van der Waals surface area (Å²) in [5.74, 6) is 0. The summed E-state index contributed by atoms with van der Waals surface area (Å²) in [6, 6.07) is 125. The van der Waals surface area contributed by atoms with Gasteiger partial charge in [-0.15, -0.1) is 0 Å². The normalized spacial score (nSPS) is 11.9. The van der Waals surface area contributed by atoms with Gasteiger partial charge >= 0.3 is 0 Å². The fourth-order valence-electron chi connectivity index (χ4n) is 15.6. The van der Waals surface area contributed by atoms with E-state index in [1.54, 1.807) is 0 Å². The molecule has 2 nitrogen and oxygen atoms in total. The minimum atomic E-state index is 1.16. The Bertz CT molecular complexity index is 6280. The van der Waals surface area contributed by atoms with Gasteiger partial charge in [0.15, 0.2) is 0 Å². The Morgan fingerprint density at radius 3 is 1.03 bits per heavy atom. The number of rotatable bonds is 6. The lowest BCUT2D eigenvalue weighted by Gasteiger charge is -2.15. The third kappa shape index (κ3) is 8.00. The minimum absolute atomic E-state index is 1.16. The highest BCUT2D eigenvalue weighted by atomic mass is 15.0. The molecule has 0 aliphatic carbocycles. The summed E-state index contributed by atoms with van der Waals surface area (Å²) in [6.45, 7) is 0. The second-order valence-corrected chi connectivity index (χ2v) is 24.6. The van der Waals surface area contributed by atoms with Gasteiger partial charge in [0.25, 0.3) is 0 Å². The van der Waals surface area contributed by atoms with Gasteiger partial charge < -0.3 is 9.13 Å². The molecular formula is C90H56N2. The monoisotopic (exact) mass is 1160 g/mol. The lowest BCUT2D eigenvalue weighted by Crippen LogP contribution is -1.95. The first-order valence-corrected chi connectivity index (χ1v) is 31.9. The molecule has 18 aromatic carbocycles. The largest absolute Gasteiger partial charge is 0.309 e. The van der Waals surface area contributed by atoms with E-state index in [1.165, 1.54) is 180 Å². The van der Waals surface area contributed by atoms with Crippen molar-refractivity contribution in [2.75, 3.05) is 0 Å². The molecule has 0 spiro atoms. The molecule has 0 aliphatic rings. The van der Waals surface area contributed by atoms with E-state index < -0.39 is 0 Å². The van der Waals surface area contributed by atoms with E-state index in [0.717, 1.165) is 5.69 Å². The zero-order valence-electron chi connectivity index (χ0n) is 50.2. The van der Waals surface area contributed by atoms with Crippen molar-refractivity contribution in [1.29, 1.82) is 0 Å². The van der Waals surface area contributed by atoms with Gasteiger partial charge in [0.1, 0.15) is 0 Å². The Morgan fingerprint density at radius 2 is 0.522 bits per heavy atom. The van der Waals surface area contributed by atoms with Crippen LogP contribution in [-0.4, -0.2) is 9.13 Å². The Balaban J connectivity index is 0.000000132. The SMILES string of the molecule is c1ccc(-c2cc3c4ccccc4n(-c4ccc(-c5ccc6c7ccccc7c7ccccc7c6c5)cc4)c3c3ccccc23)cc1.c1ccc(-c2cc3c4ccccc4n(-c4ccc(-c5ccc6ccc7cccc8ccc5c6c78)cc4)c3c3ccccc23)cc1. The molecule has 0 N–H and O–H groups in total. The summed E-state index contributed by atoms with van der Waals surface area (Å²) >= 11 is 0. The van der Waals surface area contributed by atoms with Crippen molar-refractivity contribution in [1.82, 2.24) is 9.13 Å². The molecule has 0 saturated heterocycles. The van der Waals surface area contributed by atoms with E-state index in [9.17, 15) is 0 Å². The smallest absolute Gasteiger partial charge is 0.0619 e. The zero-order chi connectivity index (χ0) is 60.4. The van der Waals surface area contributed by atoms with Crippen molar-refractivity contribution < 1.29 is 0 Å². The minimum Gasteiger partial charge on any atom is -0.309 e. The first-order chi connectivity index (χ1) is 45.7. The van der Waals surface area contributed by atoms with Crippen LogP contribution in [0.25, 0.3) is 186 Å². The molecule has 2 aromatic heterocycles. The summed E-state index contributed by atoms with van der Waals surface area (Å²) in [5, 5.41) is 25.9. The molecule has 0 aliphatic heterocycles. The van der Waals surface area contributed by atoms with Crippen LogP contribution in [0.5, 0.6) is 0 Å². The maximum absolute atomic E-state index is 2.45. The Kier molecular flexibility index (Phi) is 11.7. The maximum Gasteiger partial charge on any atom is 0.0619 e. The van der Waals surface area contributed by atoms with Crippen LogP contribution < -0.4 is 0 Å². The fraction of sp³-hybridized carbons (Fsp3) is 0. The molecule has 0 atom stereocenters. The molecule has 2 heterocycles. The highest BCUT2D eigenvalue weighted by Crippen LogP contribution is 2.46. The van der Waals surface area contributed by atoms with Crippen molar-refractivity contribution in [2.24, 2.45) is 0 Å². The number of hydrogen-bond donors (Lipinski definition) is 0. The standard InChI is InChI=1S/C46H29N.C44H27N/c1-2-12-31(13-3-1)42-29-44-40-19-10-11-21-45(40)47(46(44)41-20-9-8-18-38(41)42)33-25-22-30(23-26-33)32-24-27-39-36-16-5-4-14-34(36)35-15-6-7-17-37(35)43(39)28-32;1-2-9-28(10-3-1)39-27-40-36-14-6-7-16-41(36)45(44(40)38-15-5-4-13-35(38)39)33-23-19-29(20-24-33)34-25-21-32-18-17-30-11-8-12-31-22-26-37(34)43(32)42(30)31/h1-29H;1-27H. The Morgan fingerprint density at radius 1 is 0.163 bits per heavy atom. The lowest BCUT2D eigenvalue weighted by molar-refractivity contribution is 1.19. The molecule has 0 amide bonds. The summed E-state index contributed by atoms with van der Waals surface area (Å²) in [7, 11) is 0. The van der Waals surface area contributed by atoms with Gasteiger partial charge in [-0.05, 0) is 175 Å². The quantitative estimate of drug-likeness (QED) is 0.147. The van der Waals surface area contributed by atoms with Crippen molar-refractivity contribution in [3.05, 3.63) is 340 Å². The third-order valence-electron chi connectivity index (χ3n) is 19.7. The second-order valence-electron chi connectivity index (χ2n) is 24.6. The van der Waals surface area contributed by atoms with Crippen LogP contribution in [0, 0.1) is 0 Å². The molecule has 92 heavy (non-hydrogen) atoms. The first-order valence-electron chi connectivity index (χ1n) is 31.9. The lowest BCUT2D eigenvalue weighted by atomic mass is 9.90. The highest BCUT2D eigenvalue weighted by molar-refractivity contribution is 6.28. The van der Waals surface area contributed by atoms with Crippen molar-refractivity contribution >= 4 is 130 Å². The molecule has 0 bridgehead atoms. The van der Waals surface area contributed by atoms with Crippen LogP contribution in [0.15, 0.2) is 340 Å². The summed E-state index contributed by atoms with van der Waals surface area (Å²) in [5.41, 5.74) is 17.2. The van der Waals surface area contributed by atoms with Gasteiger partial charge in [-0.3, -0.25) is 0 Å². The van der Waals surface area contributed by atoms with Crippen LogP contribution in [0.2, 0.25) is 0 Å². The van der Waals surface area contributed by atoms with Gasteiger partial charge in [0.05, 0.1) is 22.1 Å². The topological polar surface area (TPSA) is 9.86 Å². The van der Waals surface area contributed by atoms with E-state index in [1.807, 2.05) is 0 Å². The van der Waals surface area contributed by atoms with Crippen molar-refractivity contribution in [2.45, 2.75) is 0 Å². The molecule has 0 unspecified atom stereocenters. The first kappa shape index (κ1) is 51.9. The maximum atomic E-state index is 2.45. The summed E-state index contributed by atoms with van der Waals surface area (Å²) in [6.07, 6.45) is 0. The van der Waals surface area contributed by atoms with E-state index in [2.05, 4.69) is 349 Å². The highest BCUT2D eigenvalue weighted by Gasteiger charge is 2.21. The van der Waals surface area contributed by atoms with Crippen molar-refractivity contribution in [3.8, 4) is 55.9 Å². The number of fused-ring (bicyclic) bond motifs is 16. The van der Waals surface area contributed by atoms with Crippen LogP contribution in [0.1, 0.15) is 0 Å². The molecule has 20 aromatic rings. The van der Waals surface area contributed by atoms with Gasteiger partial charge in [0.2, 0.25) is 0 Å². The van der Waals surface area contributed by atoms with Crippen LogP contribution >= 0.6 is 0 Å². The number of nitrogens with zero attached hydrogens (tertiary/aromatic N) is 2. The number of benzene rings is 18. The molecule has 426 valence electrons. The molecule has 0 fully saturated rings. The molecule has 20 rings (SSSR count). The van der Waals surface area contributed by atoms with Crippen LogP contribution in [0.4, 0.5) is 0 Å². The molecule has 0 saturated carbocycles. The van der Waals surface area contributed by atoms with Gasteiger partial charge in [-0.2, -0.15) is 0 Å². The molecule has 0 radical (unpaired) electrons. The second kappa shape index (κ2) is 20.8. The van der Waals surface area contributed by atoms with Gasteiger partial charge in [0, 0.05) is 43.7 Å². The van der Waals surface area contributed by atoms with Gasteiger partial charge in [-0.25, -0.2) is 0 Å². The van der Waals surface area contributed by atoms with Gasteiger partial charge in [-0.1, -0.05) is 285 Å². The van der Waals surface area contributed by atoms with Crippen molar-refractivity contribution in [3.63, 3.8) is 0 Å². The average Bonchev–Trinajstić information content (AvgIpc) is 1.45. The predicted octanol–water partition coefficient (Wildman–Crippen LogP) is 24.9. The average molecular weight is 1170 g/mol. The van der Waals surface area contributed by atoms with Crippen LogP contribution in [-0.2, 0) is 0 Å². The Hall–Kier alpha value is -12.1. The summed E-state index contributed by atoms with van der Waals surface area (Å²) in [4.78, 5) is 0. The zero-order valence-corrected chi connectivity index (χ0v) is 50.2. The van der Waals surface area contributed by atoms with Crippen LogP contribution in [0.3, 0.4) is 0 Å². The molecular weight excluding hydrogens is 1110 g/mol. The fourth-order valence-corrected chi connectivity index (χ4v) is 15.6. The number of para-hydroxylation sites is 2. The Labute approximate surface area is 531 Å². The molecule has 2 heteroatoms. The predicted molar refractivity (Wildman–Crippen MR) is 395 cm³/mol.